The fourth-order valence-corrected chi connectivity index (χ4v) is 3.86. The van der Waals surface area contributed by atoms with E-state index in [1.807, 2.05) is 70.2 Å². The van der Waals surface area contributed by atoms with Gasteiger partial charge >= 0.3 is 0 Å². The minimum atomic E-state index is -0.325. The number of hydrogen-bond acceptors (Lipinski definition) is 4. The molecule has 2 aromatic carbocycles. The van der Waals surface area contributed by atoms with Gasteiger partial charge < -0.3 is 5.32 Å². The molecule has 2 heterocycles. The van der Waals surface area contributed by atoms with Crippen LogP contribution in [0, 0.1) is 27.7 Å². The summed E-state index contributed by atoms with van der Waals surface area (Å²) in [6.45, 7) is 8.25. The molecule has 0 radical (unpaired) electrons. The van der Waals surface area contributed by atoms with Crippen LogP contribution < -0.4 is 5.32 Å². The van der Waals surface area contributed by atoms with Crippen LogP contribution >= 0.6 is 0 Å². The number of aromatic nitrogens is 1. The molecular weight excluding hydrogens is 386 g/mol. The molecule has 5 heteroatoms. The van der Waals surface area contributed by atoms with Crippen molar-refractivity contribution in [3.05, 3.63) is 100 Å². The summed E-state index contributed by atoms with van der Waals surface area (Å²) in [6, 6.07) is 15.5. The molecule has 0 saturated heterocycles. The molecule has 1 aliphatic rings. The van der Waals surface area contributed by atoms with E-state index < -0.39 is 0 Å². The summed E-state index contributed by atoms with van der Waals surface area (Å²) in [4.78, 5) is 32.2. The molecule has 1 aliphatic heterocycles. The predicted octanol–water partition coefficient (Wildman–Crippen LogP) is 4.71. The Hall–Kier alpha value is -3.73. The first-order chi connectivity index (χ1) is 14.8. The summed E-state index contributed by atoms with van der Waals surface area (Å²) in [5, 5.41) is 3.26. The maximum Gasteiger partial charge on any atom is 0.278 e. The second-order valence-corrected chi connectivity index (χ2v) is 8.10. The van der Waals surface area contributed by atoms with Gasteiger partial charge in [-0.2, -0.15) is 0 Å². The number of hydrogen-bond donors (Lipinski definition) is 1. The molecule has 0 fully saturated rings. The van der Waals surface area contributed by atoms with Gasteiger partial charge in [0.15, 0.2) is 0 Å². The normalized spacial score (nSPS) is 13.9. The second kappa shape index (κ2) is 8.19. The van der Waals surface area contributed by atoms with E-state index in [-0.39, 0.29) is 18.4 Å². The van der Waals surface area contributed by atoms with Crippen LogP contribution in [0.3, 0.4) is 0 Å². The smallest absolute Gasteiger partial charge is 0.278 e. The summed E-state index contributed by atoms with van der Waals surface area (Å²) in [6.07, 6.45) is 3.32. The zero-order chi connectivity index (χ0) is 22.1. The minimum absolute atomic E-state index is 0.201. The summed E-state index contributed by atoms with van der Waals surface area (Å²) in [7, 11) is 0. The van der Waals surface area contributed by atoms with Gasteiger partial charge in [0.1, 0.15) is 5.70 Å². The lowest BCUT2D eigenvalue weighted by molar-refractivity contribution is -0.137. The third kappa shape index (κ3) is 4.12. The summed E-state index contributed by atoms with van der Waals surface area (Å²) >= 11 is 0. The van der Waals surface area contributed by atoms with Gasteiger partial charge in [0, 0.05) is 18.1 Å². The molecule has 2 amide bonds. The Morgan fingerprint density at radius 1 is 0.806 bits per heavy atom. The Balaban J connectivity index is 1.79. The number of pyridine rings is 1. The van der Waals surface area contributed by atoms with E-state index in [0.717, 1.165) is 39.1 Å². The lowest BCUT2D eigenvalue weighted by Crippen LogP contribution is -2.32. The highest BCUT2D eigenvalue weighted by Gasteiger charge is 2.39. The van der Waals surface area contributed by atoms with Crippen LogP contribution in [0.1, 0.15) is 33.4 Å². The maximum absolute atomic E-state index is 13.4. The fraction of sp³-hybridized carbons (Fsp3) is 0.192. The van der Waals surface area contributed by atoms with Crippen LogP contribution in [0.2, 0.25) is 0 Å². The van der Waals surface area contributed by atoms with Gasteiger partial charge in [-0.15, -0.1) is 0 Å². The van der Waals surface area contributed by atoms with Gasteiger partial charge in [0.25, 0.3) is 11.8 Å². The molecule has 5 nitrogen and oxygen atoms in total. The number of carbonyl (C=O) groups is 2. The van der Waals surface area contributed by atoms with Gasteiger partial charge in [0.05, 0.1) is 12.1 Å². The molecule has 0 bridgehead atoms. The second-order valence-electron chi connectivity index (χ2n) is 8.10. The van der Waals surface area contributed by atoms with Crippen LogP contribution in [0.25, 0.3) is 5.57 Å². The number of aryl methyl sites for hydroxylation is 4. The van der Waals surface area contributed by atoms with Gasteiger partial charge in [-0.1, -0.05) is 24.3 Å². The van der Waals surface area contributed by atoms with Gasteiger partial charge in [-0.25, -0.2) is 0 Å². The molecule has 0 saturated carbocycles. The van der Waals surface area contributed by atoms with Crippen molar-refractivity contribution in [1.29, 1.82) is 0 Å². The van der Waals surface area contributed by atoms with E-state index in [9.17, 15) is 9.59 Å². The Bertz CT molecular complexity index is 1190. The van der Waals surface area contributed by atoms with Crippen molar-refractivity contribution < 1.29 is 9.59 Å². The first kappa shape index (κ1) is 20.5. The van der Waals surface area contributed by atoms with Crippen LogP contribution in [0.4, 0.5) is 5.69 Å². The Morgan fingerprint density at radius 3 is 2.13 bits per heavy atom. The number of nitrogens with one attached hydrogen (secondary N) is 1. The van der Waals surface area contributed by atoms with Gasteiger partial charge in [-0.05, 0) is 85.3 Å². The molecule has 0 atom stereocenters. The molecule has 4 rings (SSSR count). The van der Waals surface area contributed by atoms with E-state index in [2.05, 4.69) is 16.4 Å². The number of amides is 2. The SMILES string of the molecule is Cc1cc(C)cc(NC2=C(c3ccc(C)c(C)c3)C(=O)N(Cc3ccncc3)C2=O)c1. The molecule has 1 N–H and O–H groups in total. The van der Waals surface area contributed by atoms with Crippen molar-refractivity contribution >= 4 is 23.1 Å². The van der Waals surface area contributed by atoms with E-state index >= 15 is 0 Å². The number of rotatable bonds is 5. The molecular formula is C26H25N3O2. The quantitative estimate of drug-likeness (QED) is 0.618. The lowest BCUT2D eigenvalue weighted by Gasteiger charge is -2.15. The zero-order valence-electron chi connectivity index (χ0n) is 18.2. The lowest BCUT2D eigenvalue weighted by atomic mass is 9.99. The summed E-state index contributed by atoms with van der Waals surface area (Å²) in [5.41, 5.74) is 7.48. The highest BCUT2D eigenvalue weighted by molar-refractivity contribution is 6.36. The van der Waals surface area contributed by atoms with Crippen LogP contribution in [-0.4, -0.2) is 21.7 Å². The standard InChI is InChI=1S/C26H25N3O2/c1-16-11-17(2)13-22(12-16)28-24-23(21-6-5-18(3)19(4)14-21)25(30)29(26(24)31)15-20-7-9-27-10-8-20/h5-14,28H,15H2,1-4H3. The molecule has 0 spiro atoms. The average molecular weight is 412 g/mol. The average Bonchev–Trinajstić information content (AvgIpc) is 2.94. The Morgan fingerprint density at radius 2 is 1.48 bits per heavy atom. The van der Waals surface area contributed by atoms with Crippen LogP contribution in [0.5, 0.6) is 0 Å². The summed E-state index contributed by atoms with van der Waals surface area (Å²) in [5.74, 6) is -0.619. The van der Waals surface area contributed by atoms with Crippen molar-refractivity contribution in [2.45, 2.75) is 34.2 Å². The van der Waals surface area contributed by atoms with Crippen LogP contribution in [0.15, 0.2) is 66.6 Å². The van der Waals surface area contributed by atoms with Crippen LogP contribution in [-0.2, 0) is 16.1 Å². The van der Waals surface area contributed by atoms with E-state index in [4.69, 9.17) is 0 Å². The van der Waals surface area contributed by atoms with E-state index in [1.54, 1.807) is 12.4 Å². The molecule has 0 aliphatic carbocycles. The number of anilines is 1. The molecule has 156 valence electrons. The minimum Gasteiger partial charge on any atom is -0.350 e. The third-order valence-corrected chi connectivity index (χ3v) is 5.54. The topological polar surface area (TPSA) is 62.3 Å². The monoisotopic (exact) mass is 411 g/mol. The van der Waals surface area contributed by atoms with Gasteiger partial charge in [0.2, 0.25) is 0 Å². The van der Waals surface area contributed by atoms with Crippen molar-refractivity contribution in [3.63, 3.8) is 0 Å². The number of carbonyl (C=O) groups excluding carboxylic acids is 2. The fourth-order valence-electron chi connectivity index (χ4n) is 3.86. The van der Waals surface area contributed by atoms with Crippen molar-refractivity contribution in [1.82, 2.24) is 9.88 Å². The van der Waals surface area contributed by atoms with Crippen molar-refractivity contribution in [2.24, 2.45) is 0 Å². The maximum atomic E-state index is 13.4. The first-order valence-corrected chi connectivity index (χ1v) is 10.3. The van der Waals surface area contributed by atoms with Gasteiger partial charge in [-0.3, -0.25) is 19.5 Å². The molecule has 0 unspecified atom stereocenters. The number of imide groups is 1. The molecule has 3 aromatic rings. The van der Waals surface area contributed by atoms with E-state index in [1.165, 1.54) is 4.90 Å². The van der Waals surface area contributed by atoms with Crippen molar-refractivity contribution in [2.75, 3.05) is 5.32 Å². The third-order valence-electron chi connectivity index (χ3n) is 5.54. The Kier molecular flexibility index (Phi) is 5.42. The molecule has 31 heavy (non-hydrogen) atoms. The zero-order valence-corrected chi connectivity index (χ0v) is 18.2. The highest BCUT2D eigenvalue weighted by atomic mass is 16.2. The Labute approximate surface area is 182 Å². The van der Waals surface area contributed by atoms with Crippen molar-refractivity contribution in [3.8, 4) is 0 Å². The highest BCUT2D eigenvalue weighted by Crippen LogP contribution is 2.32. The number of nitrogens with zero attached hydrogens (tertiary/aromatic N) is 2. The number of benzene rings is 2. The summed E-state index contributed by atoms with van der Waals surface area (Å²) < 4.78 is 0. The predicted molar refractivity (Wildman–Crippen MR) is 122 cm³/mol. The largest absolute Gasteiger partial charge is 0.350 e. The van der Waals surface area contributed by atoms with E-state index in [0.29, 0.717) is 11.3 Å². The first-order valence-electron chi connectivity index (χ1n) is 10.3. The molecule has 1 aromatic heterocycles.